The van der Waals surface area contributed by atoms with Gasteiger partial charge in [0.05, 0.1) is 17.0 Å². The molecule has 1 unspecified atom stereocenters. The first-order valence-electron chi connectivity index (χ1n) is 5.12. The molecule has 1 aromatic carbocycles. The van der Waals surface area contributed by atoms with Gasteiger partial charge in [-0.25, -0.2) is 0 Å². The van der Waals surface area contributed by atoms with Crippen molar-refractivity contribution < 1.29 is 13.2 Å². The van der Waals surface area contributed by atoms with E-state index in [2.05, 4.69) is 12.6 Å². The van der Waals surface area contributed by atoms with E-state index in [4.69, 9.17) is 5.26 Å². The Labute approximate surface area is 98.2 Å². The Morgan fingerprint density at radius 3 is 2.00 bits per heavy atom. The summed E-state index contributed by atoms with van der Waals surface area (Å²) < 4.78 is 37.1. The van der Waals surface area contributed by atoms with Crippen LogP contribution in [-0.4, -0.2) is 0 Å². The van der Waals surface area contributed by atoms with E-state index in [1.807, 2.05) is 0 Å². The van der Waals surface area contributed by atoms with Gasteiger partial charge >= 0.3 is 6.18 Å². The molecular formula is C13H12F3N. The molecule has 1 atom stereocenters. The van der Waals surface area contributed by atoms with Crippen molar-refractivity contribution in [1.82, 2.24) is 0 Å². The molecule has 0 bridgehead atoms. The van der Waals surface area contributed by atoms with Crippen LogP contribution in [-0.2, 0) is 11.6 Å². The zero-order valence-corrected chi connectivity index (χ0v) is 9.38. The van der Waals surface area contributed by atoms with Crippen LogP contribution in [0.15, 0.2) is 36.9 Å². The SMILES string of the molecule is C=CC(C#N)(CC)c1ccc(C(F)(F)F)cc1. The van der Waals surface area contributed by atoms with E-state index in [-0.39, 0.29) is 0 Å². The lowest BCUT2D eigenvalue weighted by molar-refractivity contribution is -0.137. The van der Waals surface area contributed by atoms with Crippen LogP contribution in [0.25, 0.3) is 0 Å². The molecule has 1 aromatic rings. The Kier molecular flexibility index (Phi) is 3.62. The Hall–Kier alpha value is -1.76. The monoisotopic (exact) mass is 239 g/mol. The summed E-state index contributed by atoms with van der Waals surface area (Å²) in [5.74, 6) is 0. The summed E-state index contributed by atoms with van der Waals surface area (Å²) in [6.45, 7) is 5.37. The maximum atomic E-state index is 12.4. The second-order valence-electron chi connectivity index (χ2n) is 3.72. The zero-order valence-electron chi connectivity index (χ0n) is 9.38. The molecule has 90 valence electrons. The van der Waals surface area contributed by atoms with E-state index in [9.17, 15) is 13.2 Å². The van der Waals surface area contributed by atoms with Gasteiger partial charge < -0.3 is 0 Å². The summed E-state index contributed by atoms with van der Waals surface area (Å²) in [6.07, 6.45) is -2.41. The Morgan fingerprint density at radius 2 is 1.71 bits per heavy atom. The maximum Gasteiger partial charge on any atom is 0.416 e. The fraction of sp³-hybridized carbons (Fsp3) is 0.308. The first kappa shape index (κ1) is 13.3. The summed E-state index contributed by atoms with van der Waals surface area (Å²) in [5, 5.41) is 9.12. The minimum Gasteiger partial charge on any atom is -0.197 e. The lowest BCUT2D eigenvalue weighted by atomic mass is 9.79. The average molecular weight is 239 g/mol. The van der Waals surface area contributed by atoms with Crippen molar-refractivity contribution >= 4 is 0 Å². The van der Waals surface area contributed by atoms with Gasteiger partial charge in [-0.05, 0) is 24.1 Å². The number of rotatable bonds is 3. The third-order valence-corrected chi connectivity index (χ3v) is 2.83. The fourth-order valence-electron chi connectivity index (χ4n) is 1.61. The number of hydrogen-bond donors (Lipinski definition) is 0. The molecule has 4 heteroatoms. The largest absolute Gasteiger partial charge is 0.416 e. The van der Waals surface area contributed by atoms with Crippen LogP contribution in [0.4, 0.5) is 13.2 Å². The van der Waals surface area contributed by atoms with E-state index in [1.165, 1.54) is 18.2 Å². The summed E-state index contributed by atoms with van der Waals surface area (Å²) >= 11 is 0. The highest BCUT2D eigenvalue weighted by atomic mass is 19.4. The van der Waals surface area contributed by atoms with Gasteiger partial charge in [0.15, 0.2) is 0 Å². The molecule has 0 aliphatic carbocycles. The number of nitrogens with zero attached hydrogens (tertiary/aromatic N) is 1. The van der Waals surface area contributed by atoms with Crippen LogP contribution >= 0.6 is 0 Å². The van der Waals surface area contributed by atoms with Crippen LogP contribution in [0.5, 0.6) is 0 Å². The molecule has 0 saturated heterocycles. The van der Waals surface area contributed by atoms with Gasteiger partial charge in [-0.2, -0.15) is 18.4 Å². The van der Waals surface area contributed by atoms with Gasteiger partial charge in [-0.1, -0.05) is 25.1 Å². The first-order valence-corrected chi connectivity index (χ1v) is 5.12. The third-order valence-electron chi connectivity index (χ3n) is 2.83. The molecule has 0 aliphatic rings. The predicted molar refractivity (Wildman–Crippen MR) is 59.2 cm³/mol. The van der Waals surface area contributed by atoms with Crippen molar-refractivity contribution in [2.45, 2.75) is 24.9 Å². The van der Waals surface area contributed by atoms with Crippen molar-refractivity contribution in [3.63, 3.8) is 0 Å². The van der Waals surface area contributed by atoms with Crippen molar-refractivity contribution in [3.8, 4) is 6.07 Å². The molecule has 0 N–H and O–H groups in total. The lowest BCUT2D eigenvalue weighted by Gasteiger charge is -2.21. The topological polar surface area (TPSA) is 23.8 Å². The van der Waals surface area contributed by atoms with E-state index in [0.29, 0.717) is 12.0 Å². The lowest BCUT2D eigenvalue weighted by Crippen LogP contribution is -2.19. The van der Waals surface area contributed by atoms with Crippen molar-refractivity contribution in [1.29, 1.82) is 5.26 Å². The summed E-state index contributed by atoms with van der Waals surface area (Å²) in [6, 6.07) is 6.72. The highest BCUT2D eigenvalue weighted by Crippen LogP contribution is 2.33. The molecular weight excluding hydrogens is 227 g/mol. The highest BCUT2D eigenvalue weighted by Gasteiger charge is 2.32. The molecule has 0 spiro atoms. The van der Waals surface area contributed by atoms with E-state index in [1.54, 1.807) is 6.92 Å². The average Bonchev–Trinajstić information content (AvgIpc) is 2.32. The number of hydrogen-bond acceptors (Lipinski definition) is 1. The minimum absolute atomic E-state index is 0.471. The quantitative estimate of drug-likeness (QED) is 0.729. The molecule has 17 heavy (non-hydrogen) atoms. The predicted octanol–water partition coefficient (Wildman–Crippen LogP) is 4.06. The second-order valence-corrected chi connectivity index (χ2v) is 3.72. The van der Waals surface area contributed by atoms with Gasteiger partial charge in [0.1, 0.15) is 0 Å². The minimum atomic E-state index is -4.35. The fourth-order valence-corrected chi connectivity index (χ4v) is 1.61. The smallest absolute Gasteiger partial charge is 0.197 e. The number of alkyl halides is 3. The molecule has 0 amide bonds. The van der Waals surface area contributed by atoms with E-state index in [0.717, 1.165) is 12.1 Å². The Morgan fingerprint density at radius 1 is 1.24 bits per heavy atom. The zero-order chi connectivity index (χ0) is 13.1. The number of nitriles is 1. The molecule has 0 saturated carbocycles. The maximum absolute atomic E-state index is 12.4. The summed E-state index contributed by atoms with van der Waals surface area (Å²) in [5.41, 5.74) is -1.09. The normalized spacial score (nSPS) is 14.8. The third kappa shape index (κ3) is 2.50. The van der Waals surface area contributed by atoms with Crippen molar-refractivity contribution in [2.24, 2.45) is 0 Å². The first-order chi connectivity index (χ1) is 7.89. The van der Waals surface area contributed by atoms with Crippen molar-refractivity contribution in [2.75, 3.05) is 0 Å². The molecule has 0 aliphatic heterocycles. The summed E-state index contributed by atoms with van der Waals surface area (Å²) in [7, 11) is 0. The molecule has 1 nitrogen and oxygen atoms in total. The van der Waals surface area contributed by atoms with Crippen LogP contribution in [0.2, 0.25) is 0 Å². The number of allylic oxidation sites excluding steroid dienone is 1. The van der Waals surface area contributed by atoms with E-state index < -0.39 is 17.2 Å². The molecule has 0 radical (unpaired) electrons. The van der Waals surface area contributed by atoms with Gasteiger partial charge in [0, 0.05) is 0 Å². The molecule has 0 aromatic heterocycles. The van der Waals surface area contributed by atoms with Gasteiger partial charge in [0.2, 0.25) is 0 Å². The Balaban J connectivity index is 3.19. The molecule has 1 rings (SSSR count). The van der Waals surface area contributed by atoms with Crippen LogP contribution in [0.1, 0.15) is 24.5 Å². The van der Waals surface area contributed by atoms with Crippen LogP contribution in [0, 0.1) is 11.3 Å². The van der Waals surface area contributed by atoms with Crippen LogP contribution < -0.4 is 0 Å². The van der Waals surface area contributed by atoms with Crippen LogP contribution in [0.3, 0.4) is 0 Å². The van der Waals surface area contributed by atoms with E-state index >= 15 is 0 Å². The number of halogens is 3. The molecule has 0 fully saturated rings. The second kappa shape index (κ2) is 4.62. The highest BCUT2D eigenvalue weighted by molar-refractivity contribution is 5.39. The Bertz CT molecular complexity index is 439. The van der Waals surface area contributed by atoms with Crippen molar-refractivity contribution in [3.05, 3.63) is 48.0 Å². The summed E-state index contributed by atoms with van der Waals surface area (Å²) in [4.78, 5) is 0. The number of benzene rings is 1. The molecule has 0 heterocycles. The standard InChI is InChI=1S/C13H12F3N/c1-3-12(4-2,9-17)10-5-7-11(8-6-10)13(14,15)16/h3,5-8H,1,4H2,2H3. The van der Waals surface area contributed by atoms with Gasteiger partial charge in [0.25, 0.3) is 0 Å². The van der Waals surface area contributed by atoms with Gasteiger partial charge in [-0.3, -0.25) is 0 Å². The van der Waals surface area contributed by atoms with Gasteiger partial charge in [-0.15, -0.1) is 6.58 Å².